The van der Waals surface area contributed by atoms with E-state index < -0.39 is 5.97 Å². The van der Waals surface area contributed by atoms with E-state index >= 15 is 0 Å². The number of carbonyl (C=O) groups excluding carboxylic acids is 1. The van der Waals surface area contributed by atoms with Crippen LogP contribution >= 0.6 is 0 Å². The van der Waals surface area contributed by atoms with Crippen LogP contribution in [0.2, 0.25) is 0 Å². The van der Waals surface area contributed by atoms with E-state index in [2.05, 4.69) is 0 Å². The first-order chi connectivity index (χ1) is 12.5. The minimum absolute atomic E-state index is 0.0287. The van der Waals surface area contributed by atoms with Crippen LogP contribution in [-0.4, -0.2) is 32.4 Å². The number of methoxy groups -OCH3 is 3. The predicted molar refractivity (Wildman–Crippen MR) is 96.3 cm³/mol. The van der Waals surface area contributed by atoms with Crippen LogP contribution in [0.15, 0.2) is 48.0 Å². The van der Waals surface area contributed by atoms with Crippen molar-refractivity contribution in [2.75, 3.05) is 21.3 Å². The molecule has 3 rings (SSSR count). The zero-order chi connectivity index (χ0) is 18.7. The molecule has 0 atom stereocenters. The van der Waals surface area contributed by atoms with E-state index in [0.29, 0.717) is 39.7 Å². The average Bonchev–Trinajstić information content (AvgIpc) is 3.03. The number of ether oxygens (including phenoxy) is 4. The topological polar surface area (TPSA) is 74.2 Å². The van der Waals surface area contributed by atoms with Crippen molar-refractivity contribution in [3.8, 4) is 23.0 Å². The van der Waals surface area contributed by atoms with Gasteiger partial charge in [0.2, 0.25) is 0 Å². The number of phenolic OH excluding ortho intramolecular Hbond substituents is 1. The highest BCUT2D eigenvalue weighted by molar-refractivity contribution is 6.05. The lowest BCUT2D eigenvalue weighted by Gasteiger charge is -2.10. The van der Waals surface area contributed by atoms with Crippen molar-refractivity contribution in [2.45, 2.75) is 0 Å². The Morgan fingerprint density at radius 3 is 2.42 bits per heavy atom. The quantitative estimate of drug-likeness (QED) is 0.655. The first-order valence-corrected chi connectivity index (χ1v) is 7.80. The van der Waals surface area contributed by atoms with Crippen LogP contribution < -0.4 is 14.2 Å². The second-order valence-corrected chi connectivity index (χ2v) is 5.50. The number of hydrogen-bond donors (Lipinski definition) is 1. The van der Waals surface area contributed by atoms with Gasteiger partial charge in [0.15, 0.2) is 11.5 Å². The molecule has 0 unspecified atom stereocenters. The number of aromatic hydroxyl groups is 1. The van der Waals surface area contributed by atoms with Gasteiger partial charge in [-0.05, 0) is 48.0 Å². The minimum Gasteiger partial charge on any atom is -0.504 e. The third-order valence-electron chi connectivity index (χ3n) is 3.92. The molecule has 2 aromatic rings. The molecule has 0 aromatic heterocycles. The van der Waals surface area contributed by atoms with Gasteiger partial charge in [-0.25, -0.2) is 4.79 Å². The normalized spacial score (nSPS) is 14.8. The molecule has 0 saturated carbocycles. The van der Waals surface area contributed by atoms with Crippen molar-refractivity contribution >= 4 is 17.8 Å². The van der Waals surface area contributed by atoms with Crippen LogP contribution in [0.5, 0.6) is 23.0 Å². The van der Waals surface area contributed by atoms with E-state index in [9.17, 15) is 9.90 Å². The van der Waals surface area contributed by atoms with Crippen LogP contribution in [-0.2, 0) is 9.53 Å². The number of hydrogen-bond acceptors (Lipinski definition) is 6. The lowest BCUT2D eigenvalue weighted by Crippen LogP contribution is -1.99. The number of esters is 1. The molecule has 0 aliphatic carbocycles. The van der Waals surface area contributed by atoms with Gasteiger partial charge in [-0.15, -0.1) is 0 Å². The average molecular weight is 354 g/mol. The molecule has 1 aliphatic heterocycles. The third kappa shape index (κ3) is 3.35. The molecule has 1 heterocycles. The SMILES string of the molecule is COc1ccc(OC)c(C2=CC(=Cc3ccc(O)c(OC)c3)C(=O)O2)c1. The first kappa shape index (κ1) is 17.4. The van der Waals surface area contributed by atoms with Gasteiger partial charge in [0.25, 0.3) is 0 Å². The second-order valence-electron chi connectivity index (χ2n) is 5.50. The highest BCUT2D eigenvalue weighted by Crippen LogP contribution is 2.36. The minimum atomic E-state index is -0.475. The molecule has 0 radical (unpaired) electrons. The molecule has 134 valence electrons. The summed E-state index contributed by atoms with van der Waals surface area (Å²) in [7, 11) is 4.56. The van der Waals surface area contributed by atoms with Crippen LogP contribution in [0, 0.1) is 0 Å². The molecule has 0 fully saturated rings. The molecule has 0 saturated heterocycles. The van der Waals surface area contributed by atoms with Crippen LogP contribution in [0.1, 0.15) is 11.1 Å². The largest absolute Gasteiger partial charge is 0.504 e. The van der Waals surface area contributed by atoms with Crippen LogP contribution in [0.3, 0.4) is 0 Å². The molecule has 6 heteroatoms. The smallest absolute Gasteiger partial charge is 0.343 e. The van der Waals surface area contributed by atoms with Gasteiger partial charge in [0.05, 0.1) is 32.5 Å². The summed E-state index contributed by atoms with van der Waals surface area (Å²) in [6.45, 7) is 0. The molecular formula is C20H18O6. The van der Waals surface area contributed by atoms with Gasteiger partial charge in [0.1, 0.15) is 17.3 Å². The lowest BCUT2D eigenvalue weighted by atomic mass is 10.1. The second kappa shape index (κ2) is 7.23. The fourth-order valence-corrected chi connectivity index (χ4v) is 2.59. The molecule has 6 nitrogen and oxygen atoms in total. The van der Waals surface area contributed by atoms with Crippen molar-refractivity contribution in [1.82, 2.24) is 0 Å². The monoisotopic (exact) mass is 354 g/mol. The maximum absolute atomic E-state index is 12.2. The van der Waals surface area contributed by atoms with E-state index in [1.54, 1.807) is 56.7 Å². The number of phenols is 1. The number of cyclic esters (lactones) is 1. The van der Waals surface area contributed by atoms with Gasteiger partial charge >= 0.3 is 5.97 Å². The summed E-state index contributed by atoms with van der Waals surface area (Å²) >= 11 is 0. The van der Waals surface area contributed by atoms with Crippen LogP contribution in [0.4, 0.5) is 0 Å². The fourth-order valence-electron chi connectivity index (χ4n) is 2.59. The van der Waals surface area contributed by atoms with Crippen LogP contribution in [0.25, 0.3) is 11.8 Å². The standard InChI is InChI=1S/C20H18O6/c1-23-14-5-7-17(24-2)15(11-14)18-10-13(20(22)26-18)8-12-4-6-16(21)19(9-12)25-3/h4-11,21H,1-3H3. The highest BCUT2D eigenvalue weighted by Gasteiger charge is 2.24. The van der Waals surface area contributed by atoms with Gasteiger partial charge in [-0.3, -0.25) is 0 Å². The van der Waals surface area contributed by atoms with Crippen molar-refractivity contribution in [2.24, 2.45) is 0 Å². The molecule has 0 amide bonds. The first-order valence-electron chi connectivity index (χ1n) is 7.80. The van der Waals surface area contributed by atoms with E-state index in [0.717, 1.165) is 0 Å². The summed E-state index contributed by atoms with van der Waals surface area (Å²) in [6.07, 6.45) is 3.29. The van der Waals surface area contributed by atoms with E-state index in [-0.39, 0.29) is 5.75 Å². The fraction of sp³-hybridized carbons (Fsp3) is 0.150. The van der Waals surface area contributed by atoms with Gasteiger partial charge in [0, 0.05) is 0 Å². The van der Waals surface area contributed by atoms with Crippen molar-refractivity contribution < 1.29 is 28.8 Å². The molecular weight excluding hydrogens is 336 g/mol. The number of rotatable bonds is 5. The Bertz CT molecular complexity index is 911. The predicted octanol–water partition coefficient (Wildman–Crippen LogP) is 3.40. The Morgan fingerprint density at radius 2 is 1.73 bits per heavy atom. The highest BCUT2D eigenvalue weighted by atomic mass is 16.5. The Labute approximate surface area is 150 Å². The Hall–Kier alpha value is -3.41. The maximum Gasteiger partial charge on any atom is 0.343 e. The van der Waals surface area contributed by atoms with Crippen molar-refractivity contribution in [1.29, 1.82) is 0 Å². The number of benzene rings is 2. The van der Waals surface area contributed by atoms with Gasteiger partial charge in [-0.1, -0.05) is 6.07 Å². The molecule has 1 aliphatic rings. The summed E-state index contributed by atoms with van der Waals surface area (Å²) in [5.74, 6) is 1.45. The summed E-state index contributed by atoms with van der Waals surface area (Å²) in [6, 6.07) is 10.1. The van der Waals surface area contributed by atoms with E-state index in [4.69, 9.17) is 18.9 Å². The Morgan fingerprint density at radius 1 is 0.962 bits per heavy atom. The molecule has 0 bridgehead atoms. The molecule has 0 spiro atoms. The zero-order valence-electron chi connectivity index (χ0n) is 14.6. The zero-order valence-corrected chi connectivity index (χ0v) is 14.6. The van der Waals surface area contributed by atoms with Gasteiger partial charge < -0.3 is 24.1 Å². The lowest BCUT2D eigenvalue weighted by molar-refractivity contribution is -0.130. The van der Waals surface area contributed by atoms with Crippen molar-refractivity contribution in [3.05, 3.63) is 59.2 Å². The van der Waals surface area contributed by atoms with Gasteiger partial charge in [-0.2, -0.15) is 0 Å². The van der Waals surface area contributed by atoms with E-state index in [1.807, 2.05) is 0 Å². The summed E-state index contributed by atoms with van der Waals surface area (Å²) in [4.78, 5) is 12.2. The Balaban J connectivity index is 1.99. The maximum atomic E-state index is 12.2. The summed E-state index contributed by atoms with van der Waals surface area (Å²) < 4.78 is 21.0. The van der Waals surface area contributed by atoms with E-state index in [1.165, 1.54) is 13.2 Å². The summed E-state index contributed by atoms with van der Waals surface area (Å²) in [5.41, 5.74) is 1.69. The molecule has 2 aromatic carbocycles. The van der Waals surface area contributed by atoms with Crippen molar-refractivity contribution in [3.63, 3.8) is 0 Å². The number of carbonyl (C=O) groups is 1. The molecule has 26 heavy (non-hydrogen) atoms. The summed E-state index contributed by atoms with van der Waals surface area (Å²) in [5, 5.41) is 9.67. The third-order valence-corrected chi connectivity index (χ3v) is 3.92. The molecule has 1 N–H and O–H groups in total. The Kier molecular flexibility index (Phi) is 4.84.